The number of rotatable bonds is 5. The molecular formula is C18H25ClF2N2OS. The lowest BCUT2D eigenvalue weighted by Crippen LogP contribution is -2.44. The van der Waals surface area contributed by atoms with E-state index in [0.717, 1.165) is 30.9 Å². The first-order valence-corrected chi connectivity index (χ1v) is 9.78. The summed E-state index contributed by atoms with van der Waals surface area (Å²) in [7, 11) is 0. The van der Waals surface area contributed by atoms with Gasteiger partial charge >= 0.3 is 0 Å². The summed E-state index contributed by atoms with van der Waals surface area (Å²) in [4.78, 5) is 12.3. The zero-order valence-electron chi connectivity index (χ0n) is 14.2. The lowest BCUT2D eigenvalue weighted by Gasteiger charge is -2.31. The smallest absolute Gasteiger partial charge is 0.221 e. The van der Waals surface area contributed by atoms with Crippen LogP contribution >= 0.6 is 24.2 Å². The molecule has 1 unspecified atom stereocenters. The van der Waals surface area contributed by atoms with E-state index in [9.17, 15) is 13.6 Å². The Morgan fingerprint density at radius 2 is 1.96 bits per heavy atom. The molecule has 1 amide bonds. The summed E-state index contributed by atoms with van der Waals surface area (Å²) in [5.41, 5.74) is -0.464. The summed E-state index contributed by atoms with van der Waals surface area (Å²) in [5.74, 6) is 0.958. The van der Waals surface area contributed by atoms with Gasteiger partial charge in [0, 0.05) is 48.0 Å². The van der Waals surface area contributed by atoms with Crippen LogP contribution in [0.2, 0.25) is 0 Å². The van der Waals surface area contributed by atoms with E-state index >= 15 is 0 Å². The second kappa shape index (κ2) is 9.19. The molecule has 2 fully saturated rings. The van der Waals surface area contributed by atoms with Gasteiger partial charge in [0.15, 0.2) is 0 Å². The van der Waals surface area contributed by atoms with Crippen molar-refractivity contribution >= 4 is 30.1 Å². The van der Waals surface area contributed by atoms with Crippen molar-refractivity contribution in [1.29, 1.82) is 0 Å². The summed E-state index contributed by atoms with van der Waals surface area (Å²) in [5, 5.41) is 6.28. The SMILES string of the molecule is Cl.O=C(CC1CSCCN1)NCC1(c2c(F)cccc2F)CCCC1. The largest absolute Gasteiger partial charge is 0.355 e. The highest BCUT2D eigenvalue weighted by molar-refractivity contribution is 7.99. The van der Waals surface area contributed by atoms with Crippen molar-refractivity contribution in [1.82, 2.24) is 10.6 Å². The van der Waals surface area contributed by atoms with Crippen molar-refractivity contribution in [3.8, 4) is 0 Å². The molecule has 0 bridgehead atoms. The molecule has 1 heterocycles. The van der Waals surface area contributed by atoms with E-state index in [4.69, 9.17) is 0 Å². The molecule has 1 saturated carbocycles. The maximum absolute atomic E-state index is 14.3. The Bertz CT molecular complexity index is 570. The van der Waals surface area contributed by atoms with Gasteiger partial charge in [-0.25, -0.2) is 8.78 Å². The number of nitrogens with one attached hydrogen (secondary N) is 2. The molecule has 0 radical (unpaired) electrons. The van der Waals surface area contributed by atoms with Gasteiger partial charge in [-0.3, -0.25) is 4.79 Å². The molecular weight excluding hydrogens is 366 g/mol. The predicted octanol–water partition coefficient (Wildman–Crippen LogP) is 3.41. The zero-order valence-corrected chi connectivity index (χ0v) is 15.8. The summed E-state index contributed by atoms with van der Waals surface area (Å²) in [6, 6.07) is 4.20. The van der Waals surface area contributed by atoms with Crippen molar-refractivity contribution in [2.75, 3.05) is 24.6 Å². The van der Waals surface area contributed by atoms with E-state index < -0.39 is 17.0 Å². The van der Waals surface area contributed by atoms with Gasteiger partial charge in [0.05, 0.1) is 0 Å². The van der Waals surface area contributed by atoms with Crippen LogP contribution in [0, 0.1) is 11.6 Å². The molecule has 7 heteroatoms. The third-order valence-corrected chi connectivity index (χ3v) is 6.24. The molecule has 0 spiro atoms. The Labute approximate surface area is 158 Å². The molecule has 1 aromatic carbocycles. The molecule has 3 rings (SSSR count). The van der Waals surface area contributed by atoms with Gasteiger partial charge in [0.1, 0.15) is 11.6 Å². The standard InChI is InChI=1S/C18H24F2N2OS.ClH/c19-14-4-3-5-15(20)17(14)18(6-1-2-7-18)12-22-16(23)10-13-11-24-9-8-21-13;/h3-5,13,21H,1-2,6-12H2,(H,22,23);1H. The van der Waals surface area contributed by atoms with Crippen LogP contribution in [-0.4, -0.2) is 36.5 Å². The first kappa shape index (κ1) is 20.5. The van der Waals surface area contributed by atoms with Crippen molar-refractivity contribution in [2.45, 2.75) is 43.6 Å². The van der Waals surface area contributed by atoms with Gasteiger partial charge < -0.3 is 10.6 Å². The van der Waals surface area contributed by atoms with Crippen molar-refractivity contribution in [2.24, 2.45) is 0 Å². The Hall–Kier alpha value is -0.850. The summed E-state index contributed by atoms with van der Waals surface area (Å²) in [6.07, 6.45) is 3.71. The fraction of sp³-hybridized carbons (Fsp3) is 0.611. The molecule has 2 N–H and O–H groups in total. The van der Waals surface area contributed by atoms with Crippen LogP contribution in [0.3, 0.4) is 0 Å². The van der Waals surface area contributed by atoms with E-state index in [-0.39, 0.29) is 29.9 Å². The minimum Gasteiger partial charge on any atom is -0.355 e. The highest BCUT2D eigenvalue weighted by atomic mass is 35.5. The lowest BCUT2D eigenvalue weighted by molar-refractivity contribution is -0.121. The summed E-state index contributed by atoms with van der Waals surface area (Å²) in [6.45, 7) is 1.23. The summed E-state index contributed by atoms with van der Waals surface area (Å²) < 4.78 is 28.6. The van der Waals surface area contributed by atoms with Gasteiger partial charge in [0.2, 0.25) is 5.91 Å². The number of carbonyl (C=O) groups excluding carboxylic acids is 1. The van der Waals surface area contributed by atoms with Crippen LogP contribution in [0.25, 0.3) is 0 Å². The van der Waals surface area contributed by atoms with Crippen molar-refractivity contribution in [3.05, 3.63) is 35.4 Å². The van der Waals surface area contributed by atoms with Crippen LogP contribution in [0.5, 0.6) is 0 Å². The predicted molar refractivity (Wildman–Crippen MR) is 100 cm³/mol. The molecule has 140 valence electrons. The van der Waals surface area contributed by atoms with E-state index in [0.29, 0.717) is 25.8 Å². The van der Waals surface area contributed by atoms with Gasteiger partial charge in [-0.15, -0.1) is 12.4 Å². The monoisotopic (exact) mass is 390 g/mol. The number of hydrogen-bond donors (Lipinski definition) is 2. The van der Waals surface area contributed by atoms with Gasteiger partial charge in [-0.1, -0.05) is 18.9 Å². The number of halogens is 3. The molecule has 1 saturated heterocycles. The molecule has 1 aliphatic heterocycles. The number of amides is 1. The Morgan fingerprint density at radius 3 is 2.56 bits per heavy atom. The first-order valence-electron chi connectivity index (χ1n) is 8.63. The van der Waals surface area contributed by atoms with Crippen LogP contribution < -0.4 is 10.6 Å². The zero-order chi connectivity index (χ0) is 17.0. The number of hydrogen-bond acceptors (Lipinski definition) is 3. The van der Waals surface area contributed by atoms with Crippen LogP contribution in [-0.2, 0) is 10.2 Å². The quantitative estimate of drug-likeness (QED) is 0.809. The normalized spacial score (nSPS) is 22.2. The third kappa shape index (κ3) is 4.86. The van der Waals surface area contributed by atoms with Crippen LogP contribution in [0.1, 0.15) is 37.7 Å². The third-order valence-electron chi connectivity index (χ3n) is 5.11. The summed E-state index contributed by atoms with van der Waals surface area (Å²) >= 11 is 1.85. The second-order valence-electron chi connectivity index (χ2n) is 6.79. The fourth-order valence-electron chi connectivity index (χ4n) is 3.89. The lowest BCUT2D eigenvalue weighted by atomic mass is 9.78. The van der Waals surface area contributed by atoms with E-state index in [2.05, 4.69) is 10.6 Å². The molecule has 2 aliphatic rings. The first-order chi connectivity index (χ1) is 11.6. The Balaban J connectivity index is 0.00000225. The van der Waals surface area contributed by atoms with Crippen molar-refractivity contribution in [3.63, 3.8) is 0 Å². The Kier molecular flexibility index (Phi) is 7.52. The molecule has 1 aromatic rings. The number of thioether (sulfide) groups is 1. The minimum absolute atomic E-state index is 0. The highest BCUT2D eigenvalue weighted by Gasteiger charge is 2.40. The van der Waals surface area contributed by atoms with Gasteiger partial charge in [-0.05, 0) is 25.0 Å². The van der Waals surface area contributed by atoms with Crippen LogP contribution in [0.15, 0.2) is 18.2 Å². The fourth-order valence-corrected chi connectivity index (χ4v) is 4.84. The van der Waals surface area contributed by atoms with Crippen molar-refractivity contribution < 1.29 is 13.6 Å². The van der Waals surface area contributed by atoms with E-state index in [1.807, 2.05) is 11.8 Å². The number of benzene rings is 1. The maximum atomic E-state index is 14.3. The molecule has 3 nitrogen and oxygen atoms in total. The molecule has 1 atom stereocenters. The van der Waals surface area contributed by atoms with Crippen LogP contribution in [0.4, 0.5) is 8.78 Å². The maximum Gasteiger partial charge on any atom is 0.221 e. The Morgan fingerprint density at radius 1 is 1.28 bits per heavy atom. The molecule has 1 aliphatic carbocycles. The van der Waals surface area contributed by atoms with Gasteiger partial charge in [0.25, 0.3) is 0 Å². The van der Waals surface area contributed by atoms with Gasteiger partial charge in [-0.2, -0.15) is 11.8 Å². The average Bonchev–Trinajstić information content (AvgIpc) is 3.04. The van der Waals surface area contributed by atoms with E-state index in [1.54, 1.807) is 0 Å². The number of carbonyl (C=O) groups is 1. The average molecular weight is 391 g/mol. The minimum atomic E-state index is -0.611. The molecule has 25 heavy (non-hydrogen) atoms. The second-order valence-corrected chi connectivity index (χ2v) is 7.94. The van der Waals surface area contributed by atoms with E-state index in [1.165, 1.54) is 18.2 Å². The highest BCUT2D eigenvalue weighted by Crippen LogP contribution is 2.42. The topological polar surface area (TPSA) is 41.1 Å². The molecule has 0 aromatic heterocycles.